The summed E-state index contributed by atoms with van der Waals surface area (Å²) in [5.74, 6) is 1.27. The van der Waals surface area contributed by atoms with Crippen LogP contribution >= 0.6 is 11.3 Å². The molecule has 0 spiro atoms. The van der Waals surface area contributed by atoms with Crippen LogP contribution in [0.4, 0.5) is 4.79 Å². The Balaban J connectivity index is 1.17. The Morgan fingerprint density at radius 2 is 2.00 bits per heavy atom. The van der Waals surface area contributed by atoms with Crippen molar-refractivity contribution >= 4 is 34.3 Å². The van der Waals surface area contributed by atoms with Gasteiger partial charge in [0.05, 0.1) is 27.6 Å². The largest absolute Gasteiger partial charge is 0.464 e. The van der Waals surface area contributed by atoms with Crippen LogP contribution in [0.3, 0.4) is 0 Å². The van der Waals surface area contributed by atoms with E-state index < -0.39 is 6.09 Å². The van der Waals surface area contributed by atoms with E-state index >= 15 is 0 Å². The number of thiazole rings is 1. The van der Waals surface area contributed by atoms with E-state index in [2.05, 4.69) is 10.3 Å². The summed E-state index contributed by atoms with van der Waals surface area (Å²) in [5, 5.41) is 4.48. The molecule has 3 atom stereocenters. The van der Waals surface area contributed by atoms with Crippen molar-refractivity contribution in [2.24, 2.45) is 11.8 Å². The number of furan rings is 1. The Bertz CT molecular complexity index is 1420. The van der Waals surface area contributed by atoms with Gasteiger partial charge in [-0.15, -0.1) is 11.3 Å². The molecule has 1 aliphatic carbocycles. The number of carbonyl (C=O) groups excluding carboxylic acids is 2. The van der Waals surface area contributed by atoms with Crippen molar-refractivity contribution in [3.8, 4) is 16.2 Å². The van der Waals surface area contributed by atoms with E-state index in [4.69, 9.17) is 9.15 Å². The fourth-order valence-electron chi connectivity index (χ4n) is 5.05. The van der Waals surface area contributed by atoms with Crippen LogP contribution in [-0.4, -0.2) is 41.0 Å². The highest BCUT2D eigenvalue weighted by Gasteiger charge is 2.54. The van der Waals surface area contributed by atoms with Crippen molar-refractivity contribution in [2.75, 3.05) is 13.1 Å². The second kappa shape index (κ2) is 8.53. The smallest absolute Gasteiger partial charge is 0.412 e. The summed E-state index contributed by atoms with van der Waals surface area (Å²) in [6, 6.07) is 15.2. The SMILES string of the molecule is Cc1ccc(-c2sc(C)nc2C(=O)N2C[C@@H]3C[C@@H]3[C@H]2CNC(=O)Oc2cccc3occc23)cc1. The van der Waals surface area contributed by atoms with Crippen molar-refractivity contribution < 1.29 is 18.7 Å². The van der Waals surface area contributed by atoms with Crippen LogP contribution in [0.2, 0.25) is 0 Å². The second-order valence-corrected chi connectivity index (χ2v) is 10.5. The normalized spacial score (nSPS) is 20.6. The summed E-state index contributed by atoms with van der Waals surface area (Å²) < 4.78 is 10.9. The topological polar surface area (TPSA) is 84.7 Å². The molecule has 7 nitrogen and oxygen atoms in total. The molecule has 1 N–H and O–H groups in total. The lowest BCUT2D eigenvalue weighted by molar-refractivity contribution is 0.0700. The molecule has 178 valence electrons. The highest BCUT2D eigenvalue weighted by Crippen LogP contribution is 2.50. The van der Waals surface area contributed by atoms with Crippen molar-refractivity contribution in [1.82, 2.24) is 15.2 Å². The maximum absolute atomic E-state index is 13.7. The summed E-state index contributed by atoms with van der Waals surface area (Å²) in [6.45, 7) is 5.01. The predicted molar refractivity (Wildman–Crippen MR) is 134 cm³/mol. The first-order valence-corrected chi connectivity index (χ1v) is 12.6. The quantitative estimate of drug-likeness (QED) is 0.406. The van der Waals surface area contributed by atoms with Gasteiger partial charge in [0.2, 0.25) is 0 Å². The molecule has 1 saturated heterocycles. The molecule has 2 aliphatic rings. The van der Waals surface area contributed by atoms with Crippen LogP contribution in [0, 0.1) is 25.7 Å². The van der Waals surface area contributed by atoms with Gasteiger partial charge in [0.25, 0.3) is 5.91 Å². The minimum atomic E-state index is -0.542. The maximum Gasteiger partial charge on any atom is 0.412 e. The van der Waals surface area contributed by atoms with Gasteiger partial charge < -0.3 is 19.4 Å². The summed E-state index contributed by atoms with van der Waals surface area (Å²) >= 11 is 1.54. The summed E-state index contributed by atoms with van der Waals surface area (Å²) in [4.78, 5) is 33.7. The number of likely N-dealkylation sites (tertiary alicyclic amines) is 1. The van der Waals surface area contributed by atoms with E-state index in [0.29, 0.717) is 42.0 Å². The first-order chi connectivity index (χ1) is 17.0. The van der Waals surface area contributed by atoms with Gasteiger partial charge in [-0.25, -0.2) is 9.78 Å². The highest BCUT2D eigenvalue weighted by molar-refractivity contribution is 7.15. The molecule has 0 bridgehead atoms. The molecule has 2 amide bonds. The van der Waals surface area contributed by atoms with E-state index in [1.54, 1.807) is 24.5 Å². The Hall–Kier alpha value is -3.65. The van der Waals surface area contributed by atoms with Crippen molar-refractivity contribution in [1.29, 1.82) is 0 Å². The molecule has 0 unspecified atom stereocenters. The van der Waals surface area contributed by atoms with Crippen molar-refractivity contribution in [3.05, 3.63) is 71.1 Å². The number of benzene rings is 2. The zero-order valence-electron chi connectivity index (χ0n) is 19.5. The molecule has 0 radical (unpaired) electrons. The van der Waals surface area contributed by atoms with Gasteiger partial charge in [-0.2, -0.15) is 0 Å². The van der Waals surface area contributed by atoms with Crippen LogP contribution in [0.5, 0.6) is 5.75 Å². The lowest BCUT2D eigenvalue weighted by Gasteiger charge is -2.27. The van der Waals surface area contributed by atoms with E-state index in [1.165, 1.54) is 16.9 Å². The lowest BCUT2D eigenvalue weighted by Crippen LogP contribution is -2.46. The van der Waals surface area contributed by atoms with Crippen LogP contribution < -0.4 is 10.1 Å². The van der Waals surface area contributed by atoms with E-state index in [1.807, 2.05) is 49.1 Å². The second-order valence-electron chi connectivity index (χ2n) is 9.32. The molecule has 2 aromatic heterocycles. The number of piperidine rings is 1. The fraction of sp³-hybridized carbons (Fsp3) is 0.296. The molecule has 1 aliphatic heterocycles. The molecule has 6 rings (SSSR count). The number of carbonyl (C=O) groups is 2. The third-order valence-corrected chi connectivity index (χ3v) is 7.95. The summed E-state index contributed by atoms with van der Waals surface area (Å²) in [6.07, 6.45) is 2.11. The molecule has 35 heavy (non-hydrogen) atoms. The molecule has 1 saturated carbocycles. The number of hydrogen-bond acceptors (Lipinski definition) is 6. The van der Waals surface area contributed by atoms with Crippen LogP contribution in [0.1, 0.15) is 27.5 Å². The van der Waals surface area contributed by atoms with Gasteiger partial charge in [-0.1, -0.05) is 35.9 Å². The van der Waals surface area contributed by atoms with Crippen LogP contribution in [-0.2, 0) is 0 Å². The first-order valence-electron chi connectivity index (χ1n) is 11.8. The highest BCUT2D eigenvalue weighted by atomic mass is 32.1. The van der Waals surface area contributed by atoms with Crippen LogP contribution in [0.25, 0.3) is 21.4 Å². The van der Waals surface area contributed by atoms with Gasteiger partial charge in [-0.05, 0) is 55.9 Å². The third-order valence-electron chi connectivity index (χ3n) is 6.93. The van der Waals surface area contributed by atoms with E-state index in [0.717, 1.165) is 27.3 Å². The van der Waals surface area contributed by atoms with Gasteiger partial charge in [0, 0.05) is 13.1 Å². The average molecular weight is 488 g/mol. The summed E-state index contributed by atoms with van der Waals surface area (Å²) in [7, 11) is 0. The predicted octanol–water partition coefficient (Wildman–Crippen LogP) is 5.42. The monoisotopic (exact) mass is 487 g/mol. The molecule has 8 heteroatoms. The molecule has 3 heterocycles. The van der Waals surface area contributed by atoms with Gasteiger partial charge in [-0.3, -0.25) is 4.79 Å². The summed E-state index contributed by atoms with van der Waals surface area (Å²) in [5.41, 5.74) is 3.33. The molecule has 4 aromatic rings. The molecular formula is C27H25N3O4S. The average Bonchev–Trinajstić information content (AvgIpc) is 3.17. The minimum Gasteiger partial charge on any atom is -0.464 e. The number of rotatable bonds is 5. The number of nitrogens with one attached hydrogen (secondary N) is 1. The Morgan fingerprint density at radius 3 is 2.83 bits per heavy atom. The van der Waals surface area contributed by atoms with Crippen LogP contribution in [0.15, 0.2) is 59.2 Å². The Morgan fingerprint density at radius 1 is 1.17 bits per heavy atom. The molecular weight excluding hydrogens is 462 g/mol. The Kier molecular flexibility index (Phi) is 5.33. The van der Waals surface area contributed by atoms with E-state index in [-0.39, 0.29) is 11.9 Å². The fourth-order valence-corrected chi connectivity index (χ4v) is 5.97. The first kappa shape index (κ1) is 21.9. The van der Waals surface area contributed by atoms with Gasteiger partial charge in [0.1, 0.15) is 17.0 Å². The number of aromatic nitrogens is 1. The maximum atomic E-state index is 13.7. The number of ether oxygens (including phenoxy) is 1. The lowest BCUT2D eigenvalue weighted by atomic mass is 10.1. The number of nitrogens with zero attached hydrogens (tertiary/aromatic N) is 2. The molecule has 2 fully saturated rings. The van der Waals surface area contributed by atoms with Crippen molar-refractivity contribution in [2.45, 2.75) is 26.3 Å². The number of hydrogen-bond donors (Lipinski definition) is 1. The molecule has 2 aromatic carbocycles. The van der Waals surface area contributed by atoms with Gasteiger partial charge in [0.15, 0.2) is 0 Å². The number of amides is 2. The zero-order chi connectivity index (χ0) is 24.1. The van der Waals surface area contributed by atoms with Gasteiger partial charge >= 0.3 is 6.09 Å². The zero-order valence-corrected chi connectivity index (χ0v) is 20.3. The van der Waals surface area contributed by atoms with Crippen molar-refractivity contribution in [3.63, 3.8) is 0 Å². The third kappa shape index (κ3) is 4.08. The number of aryl methyl sites for hydroxylation is 2. The van der Waals surface area contributed by atoms with E-state index in [9.17, 15) is 9.59 Å². The standard InChI is InChI=1S/C27H25N3O4S/c1-15-6-8-17(9-7-15)25-24(29-16(2)35-25)26(31)30-14-18-12-20(18)21(30)13-28-27(32)34-23-5-3-4-22-19(23)10-11-33-22/h3-11,18,20-21H,12-14H2,1-2H3,(H,28,32)/t18-,20-,21+/m0/s1. The minimum absolute atomic E-state index is 0.0690. The Labute approximate surface area is 206 Å². The number of fused-ring (bicyclic) bond motifs is 2.